The minimum Gasteiger partial charge on any atom is -0.335 e. The Balaban J connectivity index is 2.06. The number of nitrogens with zero attached hydrogens (tertiary/aromatic N) is 2. The van der Waals surface area contributed by atoms with Crippen molar-refractivity contribution in [1.29, 1.82) is 0 Å². The molecule has 3 aromatic rings. The summed E-state index contributed by atoms with van der Waals surface area (Å²) in [5.74, 6) is 0. The van der Waals surface area contributed by atoms with E-state index in [9.17, 15) is 0 Å². The van der Waals surface area contributed by atoms with E-state index in [1.165, 1.54) is 32.1 Å². The molecule has 0 N–H and O–H groups in total. The summed E-state index contributed by atoms with van der Waals surface area (Å²) >= 11 is 1.78. The number of aryl methyl sites for hydroxylation is 1. The molecule has 0 saturated carbocycles. The van der Waals surface area contributed by atoms with Crippen molar-refractivity contribution in [2.45, 2.75) is 0 Å². The lowest BCUT2D eigenvalue weighted by Gasteiger charge is -2.00. The van der Waals surface area contributed by atoms with E-state index in [0.717, 1.165) is 10.5 Å². The van der Waals surface area contributed by atoms with Crippen molar-refractivity contribution in [3.8, 4) is 10.6 Å². The van der Waals surface area contributed by atoms with Crippen LogP contribution in [0.2, 0.25) is 0 Å². The minimum atomic E-state index is 1.09. The predicted octanol–water partition coefficient (Wildman–Crippen LogP) is 5.05. The van der Waals surface area contributed by atoms with E-state index in [2.05, 4.69) is 60.1 Å². The quantitative estimate of drug-likeness (QED) is 0.390. The van der Waals surface area contributed by atoms with Crippen molar-refractivity contribution >= 4 is 43.4 Å². The van der Waals surface area contributed by atoms with Gasteiger partial charge in [0.05, 0.1) is 5.52 Å². The van der Waals surface area contributed by atoms with Gasteiger partial charge >= 0.3 is 0 Å². The summed E-state index contributed by atoms with van der Waals surface area (Å²) in [6.45, 7) is 0. The number of fused-ring (bicyclic) bond motifs is 6. The van der Waals surface area contributed by atoms with E-state index >= 15 is 0 Å². The van der Waals surface area contributed by atoms with Crippen LogP contribution in [0.15, 0.2) is 54.6 Å². The van der Waals surface area contributed by atoms with Crippen molar-refractivity contribution in [1.82, 2.24) is 9.55 Å². The Hall–Kier alpha value is -2.39. The maximum absolute atomic E-state index is 4.78. The van der Waals surface area contributed by atoms with Gasteiger partial charge in [0.1, 0.15) is 9.84 Å². The van der Waals surface area contributed by atoms with Crippen molar-refractivity contribution in [2.75, 3.05) is 0 Å². The van der Waals surface area contributed by atoms with E-state index in [4.69, 9.17) is 4.98 Å². The molecule has 0 bridgehead atoms. The Morgan fingerprint density at radius 1 is 0.905 bits per heavy atom. The van der Waals surface area contributed by atoms with Gasteiger partial charge in [-0.15, -0.1) is 0 Å². The zero-order chi connectivity index (χ0) is 14.0. The van der Waals surface area contributed by atoms with Gasteiger partial charge in [0.2, 0.25) is 0 Å². The molecule has 5 rings (SSSR count). The molecule has 3 heteroatoms. The fourth-order valence-electron chi connectivity index (χ4n) is 3.20. The summed E-state index contributed by atoms with van der Waals surface area (Å²) in [5.41, 5.74) is 3.63. The maximum Gasteiger partial charge on any atom is 0.126 e. The number of para-hydroxylation sites is 2. The zero-order valence-electron chi connectivity index (χ0n) is 11.5. The molecule has 0 spiro atoms. The van der Waals surface area contributed by atoms with Gasteiger partial charge < -0.3 is 4.57 Å². The molecule has 1 aromatic heterocycles. The molecule has 0 unspecified atom stereocenters. The van der Waals surface area contributed by atoms with Crippen molar-refractivity contribution in [3.05, 3.63) is 54.6 Å². The molecule has 0 saturated heterocycles. The fourth-order valence-corrected chi connectivity index (χ4v) is 4.32. The van der Waals surface area contributed by atoms with Crippen molar-refractivity contribution in [2.24, 2.45) is 7.05 Å². The number of aromatic nitrogens is 2. The Kier molecular flexibility index (Phi) is 2.06. The molecule has 3 heterocycles. The number of hydrogen-bond acceptors (Lipinski definition) is 2. The smallest absolute Gasteiger partial charge is 0.126 e. The van der Waals surface area contributed by atoms with Gasteiger partial charge in [0, 0.05) is 34.3 Å². The largest absolute Gasteiger partial charge is 0.335 e. The highest BCUT2D eigenvalue weighted by atomic mass is 32.1. The zero-order valence-corrected chi connectivity index (χ0v) is 12.3. The molecule has 100 valence electrons. The van der Waals surface area contributed by atoms with Crippen LogP contribution in [0.1, 0.15) is 0 Å². The van der Waals surface area contributed by atoms with Crippen LogP contribution >= 0.6 is 11.3 Å². The number of rotatable bonds is 0. The second-order valence-electron chi connectivity index (χ2n) is 5.39. The van der Waals surface area contributed by atoms with Gasteiger partial charge in [-0.3, -0.25) is 0 Å². The third-order valence-electron chi connectivity index (χ3n) is 4.22. The van der Waals surface area contributed by atoms with E-state index in [1.807, 2.05) is 6.07 Å². The van der Waals surface area contributed by atoms with Crippen LogP contribution in [0.4, 0.5) is 0 Å². The molecule has 2 aliphatic heterocycles. The molecule has 0 atom stereocenters. The summed E-state index contributed by atoms with van der Waals surface area (Å²) in [6, 6.07) is 19.3. The molecular formula is C18H12N2S. The maximum atomic E-state index is 4.78. The SMILES string of the molecule is Cn1c2ccccc2c2cc3c4ccccc4nc-3sc21. The van der Waals surface area contributed by atoms with Crippen LogP contribution in [0.25, 0.3) is 42.6 Å². The van der Waals surface area contributed by atoms with Crippen LogP contribution in [0.5, 0.6) is 0 Å². The van der Waals surface area contributed by atoms with Gasteiger partial charge in [-0.1, -0.05) is 47.7 Å². The second kappa shape index (κ2) is 3.83. The van der Waals surface area contributed by atoms with Gasteiger partial charge in [-0.2, -0.15) is 0 Å². The molecule has 2 aromatic carbocycles. The van der Waals surface area contributed by atoms with Crippen LogP contribution in [-0.2, 0) is 7.05 Å². The Labute approximate surface area is 125 Å². The monoisotopic (exact) mass is 288 g/mol. The average Bonchev–Trinajstić information content (AvgIpc) is 3.02. The normalized spacial score (nSPS) is 12.0. The van der Waals surface area contributed by atoms with Gasteiger partial charge in [-0.25, -0.2) is 4.98 Å². The van der Waals surface area contributed by atoms with E-state index in [1.54, 1.807) is 11.3 Å². The summed E-state index contributed by atoms with van der Waals surface area (Å²) in [4.78, 5) is 6.07. The van der Waals surface area contributed by atoms with E-state index < -0.39 is 0 Å². The third kappa shape index (κ3) is 1.39. The lowest BCUT2D eigenvalue weighted by molar-refractivity contribution is 1.02. The number of benzene rings is 2. The highest BCUT2D eigenvalue weighted by Gasteiger charge is 2.17. The van der Waals surface area contributed by atoms with Crippen molar-refractivity contribution < 1.29 is 0 Å². The van der Waals surface area contributed by atoms with Gasteiger partial charge in [0.15, 0.2) is 0 Å². The van der Waals surface area contributed by atoms with Crippen molar-refractivity contribution in [3.63, 3.8) is 0 Å². The number of hydrogen-bond donors (Lipinski definition) is 0. The van der Waals surface area contributed by atoms with Crippen LogP contribution in [-0.4, -0.2) is 9.55 Å². The molecule has 0 radical (unpaired) electrons. The van der Waals surface area contributed by atoms with E-state index in [-0.39, 0.29) is 0 Å². The standard InChI is InChI=1S/C18H12N2S/c1-20-16-9-5-3-7-12(16)14-10-13-11-6-2-4-8-15(11)19-17(13)21-18(14)20/h2-10H,1H3. The summed E-state index contributed by atoms with van der Waals surface area (Å²) in [7, 11) is 2.13. The second-order valence-corrected chi connectivity index (χ2v) is 6.37. The molecule has 2 aliphatic rings. The third-order valence-corrected chi connectivity index (χ3v) is 5.41. The predicted molar refractivity (Wildman–Crippen MR) is 90.2 cm³/mol. The van der Waals surface area contributed by atoms with Crippen LogP contribution in [0.3, 0.4) is 0 Å². The molecular weight excluding hydrogens is 276 g/mol. The highest BCUT2D eigenvalue weighted by molar-refractivity contribution is 7.21. The van der Waals surface area contributed by atoms with Gasteiger partial charge in [0.25, 0.3) is 0 Å². The average molecular weight is 288 g/mol. The first-order chi connectivity index (χ1) is 10.3. The Morgan fingerprint density at radius 3 is 2.57 bits per heavy atom. The molecule has 21 heavy (non-hydrogen) atoms. The lowest BCUT2D eigenvalue weighted by atomic mass is 10.1. The Morgan fingerprint density at radius 2 is 1.67 bits per heavy atom. The lowest BCUT2D eigenvalue weighted by Crippen LogP contribution is -1.84. The van der Waals surface area contributed by atoms with Crippen LogP contribution in [0, 0.1) is 0 Å². The Bertz CT molecular complexity index is 1100. The van der Waals surface area contributed by atoms with E-state index in [0.29, 0.717) is 0 Å². The minimum absolute atomic E-state index is 1.09. The topological polar surface area (TPSA) is 17.8 Å². The molecule has 0 fully saturated rings. The fraction of sp³-hybridized carbons (Fsp3) is 0.0556. The highest BCUT2D eigenvalue weighted by Crippen LogP contribution is 2.41. The summed E-state index contributed by atoms with van der Waals surface area (Å²) in [6.07, 6.45) is 0. The summed E-state index contributed by atoms with van der Waals surface area (Å²) < 4.78 is 2.27. The first kappa shape index (κ1) is 11.3. The first-order valence-electron chi connectivity index (χ1n) is 6.98. The van der Waals surface area contributed by atoms with Gasteiger partial charge in [-0.05, 0) is 18.2 Å². The first-order valence-corrected chi connectivity index (χ1v) is 7.80. The molecule has 0 amide bonds. The molecule has 0 aliphatic carbocycles. The molecule has 2 nitrogen and oxygen atoms in total. The van der Waals surface area contributed by atoms with Crippen LogP contribution < -0.4 is 0 Å². The summed E-state index contributed by atoms with van der Waals surface area (Å²) in [5, 5.41) is 5.01.